The molecule has 3 heterocycles. The fourth-order valence-corrected chi connectivity index (χ4v) is 5.16. The van der Waals surface area contributed by atoms with E-state index in [1.807, 2.05) is 6.92 Å². The molecular weight excluding hydrogens is 513 g/mol. The van der Waals surface area contributed by atoms with Crippen molar-refractivity contribution in [3.05, 3.63) is 48.2 Å². The average Bonchev–Trinajstić information content (AvgIpc) is 3.42. The molecule has 2 atom stereocenters. The van der Waals surface area contributed by atoms with E-state index in [9.17, 15) is 31.2 Å². The second kappa shape index (κ2) is 9.60. The molecule has 0 radical (unpaired) electrons. The average molecular weight is 541 g/mol. The van der Waals surface area contributed by atoms with E-state index < -0.39 is 37.7 Å². The van der Waals surface area contributed by atoms with Crippen LogP contribution in [-0.2, 0) is 25.9 Å². The van der Waals surface area contributed by atoms with Gasteiger partial charge >= 0.3 is 11.5 Å². The lowest BCUT2D eigenvalue weighted by atomic mass is 10.0. The number of hydrogen-bond acceptors (Lipinski definition) is 7. The number of rotatable bonds is 7. The second-order valence-electron chi connectivity index (χ2n) is 9.55. The standard InChI is InChI=1S/C24H27F3N4O5S/c1-15(19-5-4-12-36-19)29-20-13-16(10-11-28-20)14-30-22(33)31(21(32)23(30,2)3)17-6-8-18(9-7-17)37(34,35)24(25,26)27/h6-11,13,15,19H,4-5,12,14H2,1-3H3,(H,28,29)/t15-,19-/m0/s1. The number of hydrogen-bond donors (Lipinski definition) is 1. The number of amides is 3. The van der Waals surface area contributed by atoms with Crippen LogP contribution in [0.5, 0.6) is 0 Å². The van der Waals surface area contributed by atoms with E-state index in [2.05, 4.69) is 10.3 Å². The third kappa shape index (κ3) is 5.01. The molecule has 1 aromatic heterocycles. The fourth-order valence-electron chi connectivity index (χ4n) is 4.39. The van der Waals surface area contributed by atoms with Gasteiger partial charge in [0, 0.05) is 19.3 Å². The van der Waals surface area contributed by atoms with Gasteiger partial charge < -0.3 is 15.0 Å². The van der Waals surface area contributed by atoms with E-state index in [4.69, 9.17) is 4.74 Å². The molecule has 3 amide bonds. The summed E-state index contributed by atoms with van der Waals surface area (Å²) in [5, 5.41) is 3.31. The zero-order valence-corrected chi connectivity index (χ0v) is 21.3. The summed E-state index contributed by atoms with van der Waals surface area (Å²) in [5.74, 6) is -0.00191. The maximum atomic E-state index is 13.3. The maximum Gasteiger partial charge on any atom is 0.501 e. The van der Waals surface area contributed by atoms with Gasteiger partial charge in [-0.15, -0.1) is 0 Å². The summed E-state index contributed by atoms with van der Waals surface area (Å²) >= 11 is 0. The first-order valence-electron chi connectivity index (χ1n) is 11.6. The van der Waals surface area contributed by atoms with Crippen molar-refractivity contribution in [2.75, 3.05) is 16.8 Å². The van der Waals surface area contributed by atoms with Crippen LogP contribution in [0.2, 0.25) is 0 Å². The third-order valence-electron chi connectivity index (χ3n) is 6.60. The van der Waals surface area contributed by atoms with Gasteiger partial charge in [-0.05, 0) is 75.6 Å². The maximum absolute atomic E-state index is 13.3. The minimum atomic E-state index is -5.56. The highest BCUT2D eigenvalue weighted by atomic mass is 32.2. The number of pyridine rings is 1. The van der Waals surface area contributed by atoms with E-state index in [0.29, 0.717) is 11.4 Å². The van der Waals surface area contributed by atoms with E-state index in [0.717, 1.165) is 48.6 Å². The minimum absolute atomic E-state index is 0.0244. The van der Waals surface area contributed by atoms with Gasteiger partial charge in [0.05, 0.1) is 22.7 Å². The van der Waals surface area contributed by atoms with Gasteiger partial charge in [-0.2, -0.15) is 13.2 Å². The highest BCUT2D eigenvalue weighted by Gasteiger charge is 2.52. The summed E-state index contributed by atoms with van der Waals surface area (Å²) in [6, 6.07) is 6.31. The quantitative estimate of drug-likeness (QED) is 0.527. The molecule has 0 aliphatic carbocycles. The van der Waals surface area contributed by atoms with Crippen molar-refractivity contribution in [1.29, 1.82) is 0 Å². The van der Waals surface area contributed by atoms with Gasteiger partial charge in [-0.1, -0.05) is 0 Å². The van der Waals surface area contributed by atoms with Gasteiger partial charge in [0.15, 0.2) is 0 Å². The molecule has 9 nitrogen and oxygen atoms in total. The lowest BCUT2D eigenvalue weighted by molar-refractivity contribution is -0.123. The molecule has 2 aromatic rings. The Hall–Kier alpha value is -3.19. The molecule has 37 heavy (non-hydrogen) atoms. The Kier molecular flexibility index (Phi) is 6.97. The van der Waals surface area contributed by atoms with Crippen LogP contribution in [0.15, 0.2) is 47.5 Å². The van der Waals surface area contributed by atoms with Crippen LogP contribution in [0.4, 0.5) is 29.5 Å². The summed E-state index contributed by atoms with van der Waals surface area (Å²) in [6.07, 6.45) is 3.62. The number of alkyl halides is 3. The van der Waals surface area contributed by atoms with Gasteiger partial charge in [-0.25, -0.2) is 23.1 Å². The van der Waals surface area contributed by atoms with Gasteiger partial charge in [0.2, 0.25) is 0 Å². The Morgan fingerprint density at radius 2 is 1.86 bits per heavy atom. The summed E-state index contributed by atoms with van der Waals surface area (Å²) in [6.45, 7) is 5.92. The molecule has 0 saturated carbocycles. The summed E-state index contributed by atoms with van der Waals surface area (Å²) in [7, 11) is -5.56. The summed E-state index contributed by atoms with van der Waals surface area (Å²) in [5.41, 5.74) is -6.06. The first-order valence-corrected chi connectivity index (χ1v) is 13.1. The van der Waals surface area contributed by atoms with Crippen molar-refractivity contribution >= 4 is 33.3 Å². The number of nitrogens with one attached hydrogen (secondary N) is 1. The zero-order valence-electron chi connectivity index (χ0n) is 20.4. The number of benzene rings is 1. The second-order valence-corrected chi connectivity index (χ2v) is 11.5. The van der Waals surface area contributed by atoms with Crippen molar-refractivity contribution in [3.63, 3.8) is 0 Å². The van der Waals surface area contributed by atoms with Crippen LogP contribution in [0.3, 0.4) is 0 Å². The van der Waals surface area contributed by atoms with E-state index in [1.54, 1.807) is 32.2 Å². The number of nitrogens with zero attached hydrogens (tertiary/aromatic N) is 3. The Bertz CT molecular complexity index is 1290. The molecule has 2 aliphatic heterocycles. The van der Waals surface area contributed by atoms with E-state index in [-0.39, 0.29) is 24.4 Å². The number of imide groups is 1. The number of ether oxygens (including phenoxy) is 1. The number of halogens is 3. The van der Waals surface area contributed by atoms with Crippen molar-refractivity contribution in [3.8, 4) is 0 Å². The number of carbonyl (C=O) groups excluding carboxylic acids is 2. The first kappa shape index (κ1) is 26.9. The zero-order chi connectivity index (χ0) is 27.2. The predicted molar refractivity (Wildman–Crippen MR) is 128 cm³/mol. The van der Waals surface area contributed by atoms with Crippen molar-refractivity contribution in [2.24, 2.45) is 0 Å². The number of sulfone groups is 1. The van der Waals surface area contributed by atoms with E-state index >= 15 is 0 Å². The smallest absolute Gasteiger partial charge is 0.376 e. The molecule has 2 saturated heterocycles. The molecule has 0 spiro atoms. The Balaban J connectivity index is 1.53. The Morgan fingerprint density at radius 1 is 1.19 bits per heavy atom. The molecule has 1 aromatic carbocycles. The molecule has 4 rings (SSSR count). The van der Waals surface area contributed by atoms with Crippen LogP contribution >= 0.6 is 0 Å². The molecule has 2 fully saturated rings. The molecule has 2 aliphatic rings. The lowest BCUT2D eigenvalue weighted by Crippen LogP contribution is -2.43. The van der Waals surface area contributed by atoms with Crippen LogP contribution in [0.1, 0.15) is 39.2 Å². The molecule has 0 unspecified atom stereocenters. The van der Waals surface area contributed by atoms with Crippen molar-refractivity contribution in [1.82, 2.24) is 9.88 Å². The SMILES string of the molecule is C[C@H](Nc1cc(CN2C(=O)N(c3ccc(S(=O)(=O)C(F)(F)F)cc3)C(=O)C2(C)C)ccn1)[C@@H]1CCCO1. The molecular formula is C24H27F3N4O5S. The lowest BCUT2D eigenvalue weighted by Gasteiger charge is -2.28. The van der Waals surface area contributed by atoms with Crippen LogP contribution < -0.4 is 10.2 Å². The highest BCUT2D eigenvalue weighted by Crippen LogP contribution is 2.35. The van der Waals surface area contributed by atoms with Crippen LogP contribution in [0, 0.1) is 0 Å². The fraction of sp³-hybridized carbons (Fsp3) is 0.458. The molecule has 0 bridgehead atoms. The Labute approximate surface area is 212 Å². The number of aromatic nitrogens is 1. The number of carbonyl (C=O) groups is 2. The van der Waals surface area contributed by atoms with Crippen molar-refractivity contribution in [2.45, 2.75) is 68.2 Å². The van der Waals surface area contributed by atoms with Gasteiger partial charge in [-0.3, -0.25) is 4.79 Å². The number of urea groups is 1. The van der Waals surface area contributed by atoms with E-state index in [1.165, 1.54) is 4.90 Å². The van der Waals surface area contributed by atoms with Crippen LogP contribution in [-0.4, -0.2) is 60.0 Å². The summed E-state index contributed by atoms with van der Waals surface area (Å²) in [4.78, 5) is 32.0. The highest BCUT2D eigenvalue weighted by molar-refractivity contribution is 7.92. The largest absolute Gasteiger partial charge is 0.501 e. The van der Waals surface area contributed by atoms with Crippen LogP contribution in [0.25, 0.3) is 0 Å². The normalized spacial score (nSPS) is 21.0. The summed E-state index contributed by atoms with van der Waals surface area (Å²) < 4.78 is 67.5. The van der Waals surface area contributed by atoms with Crippen molar-refractivity contribution < 1.29 is 35.9 Å². The molecule has 13 heteroatoms. The predicted octanol–water partition coefficient (Wildman–Crippen LogP) is 4.10. The van der Waals surface area contributed by atoms with Gasteiger partial charge in [0.1, 0.15) is 11.4 Å². The monoisotopic (exact) mass is 540 g/mol. The molecule has 1 N–H and O–H groups in total. The number of anilines is 2. The first-order chi connectivity index (χ1) is 17.2. The Morgan fingerprint density at radius 3 is 2.46 bits per heavy atom. The van der Waals surface area contributed by atoms with Gasteiger partial charge in [0.25, 0.3) is 15.7 Å². The third-order valence-corrected chi connectivity index (χ3v) is 8.10. The molecule has 200 valence electrons. The minimum Gasteiger partial charge on any atom is -0.376 e. The topological polar surface area (TPSA) is 109 Å².